The van der Waals surface area contributed by atoms with Gasteiger partial charge in [-0.25, -0.2) is 4.79 Å². The molecule has 0 radical (unpaired) electrons. The molecule has 0 aromatic heterocycles. The van der Waals surface area contributed by atoms with Gasteiger partial charge in [-0.3, -0.25) is 4.79 Å². The van der Waals surface area contributed by atoms with Crippen molar-refractivity contribution in [2.45, 2.75) is 103 Å². The van der Waals surface area contributed by atoms with Gasteiger partial charge in [-0.1, -0.05) is 39.0 Å². The van der Waals surface area contributed by atoms with E-state index in [1.165, 1.54) is 12.5 Å². The topological polar surface area (TPSA) is 102 Å². The van der Waals surface area contributed by atoms with E-state index >= 15 is 0 Å². The van der Waals surface area contributed by atoms with Gasteiger partial charge in [-0.05, 0) is 50.5 Å². The number of carbonyl (C=O) groups is 2. The van der Waals surface area contributed by atoms with E-state index < -0.39 is 42.0 Å². The lowest BCUT2D eigenvalue weighted by Gasteiger charge is -2.45. The summed E-state index contributed by atoms with van der Waals surface area (Å²) in [6.07, 6.45) is 0.0438. The molecule has 2 bridgehead atoms. The first-order valence-corrected chi connectivity index (χ1v) is 12.2. The molecule has 186 valence electrons. The number of rotatable bonds is 5. The normalized spacial score (nSPS) is 39.6. The fourth-order valence-corrected chi connectivity index (χ4v) is 5.99. The van der Waals surface area contributed by atoms with Gasteiger partial charge in [-0.15, -0.1) is 0 Å². The Hall–Kier alpha value is -1.70. The smallest absolute Gasteiger partial charge is 0.347 e. The zero-order chi connectivity index (χ0) is 24.7. The van der Waals surface area contributed by atoms with Gasteiger partial charge in [0.2, 0.25) is 0 Å². The zero-order valence-corrected chi connectivity index (χ0v) is 20.7. The molecule has 33 heavy (non-hydrogen) atoms. The van der Waals surface area contributed by atoms with Crippen molar-refractivity contribution in [1.82, 2.24) is 0 Å². The van der Waals surface area contributed by atoms with E-state index in [0.29, 0.717) is 23.8 Å². The maximum atomic E-state index is 12.9. The monoisotopic (exact) mass is 464 g/mol. The number of aliphatic hydroxyl groups excluding tert-OH is 1. The van der Waals surface area contributed by atoms with Crippen LogP contribution in [0.5, 0.6) is 0 Å². The van der Waals surface area contributed by atoms with Crippen LogP contribution in [0.1, 0.15) is 67.2 Å². The van der Waals surface area contributed by atoms with Crippen molar-refractivity contribution >= 4 is 11.9 Å². The van der Waals surface area contributed by atoms with Crippen LogP contribution in [-0.2, 0) is 23.8 Å². The molecule has 7 nitrogen and oxygen atoms in total. The zero-order valence-electron chi connectivity index (χ0n) is 20.7. The summed E-state index contributed by atoms with van der Waals surface area (Å²) in [5.74, 6) is -0.476. The predicted molar refractivity (Wildman–Crippen MR) is 123 cm³/mol. The first-order valence-electron chi connectivity index (χ1n) is 12.2. The molecule has 0 amide bonds. The van der Waals surface area contributed by atoms with E-state index in [9.17, 15) is 19.8 Å². The summed E-state index contributed by atoms with van der Waals surface area (Å²) in [4.78, 5) is 24.3. The van der Waals surface area contributed by atoms with Gasteiger partial charge in [0.15, 0.2) is 6.10 Å². The minimum absolute atomic E-state index is 0.000781. The molecule has 2 heterocycles. The predicted octanol–water partition coefficient (Wildman–Crippen LogP) is 3.32. The summed E-state index contributed by atoms with van der Waals surface area (Å²) in [7, 11) is 0. The molecule has 1 unspecified atom stereocenters. The first kappa shape index (κ1) is 25.9. The summed E-state index contributed by atoms with van der Waals surface area (Å²) in [6, 6.07) is 0. The molecular formula is C26H40O7. The standard InChI is InChI=1S/C26H40O7/c1-8-19(31-16(6)27)25(29)33-21-12-18(28)15(5)11-20-22-14(4)9-10-17(13(2)3)23(22)24(32-20)26(21,7)30/h9,13,17-24,28,30H,5,8,10-12H2,1-4,6-7H3/t17-,18+,19?,20-,21+,22-,23-,24-,26-/m1/s1. The number of esters is 2. The molecule has 0 spiro atoms. The second-order valence-electron chi connectivity index (χ2n) is 10.6. The van der Waals surface area contributed by atoms with Gasteiger partial charge in [0.1, 0.15) is 11.7 Å². The van der Waals surface area contributed by atoms with E-state index in [0.717, 1.165) is 6.42 Å². The summed E-state index contributed by atoms with van der Waals surface area (Å²) >= 11 is 0. The average molecular weight is 465 g/mol. The number of hydrogen-bond acceptors (Lipinski definition) is 7. The van der Waals surface area contributed by atoms with Gasteiger partial charge in [-0.2, -0.15) is 0 Å². The number of allylic oxidation sites excluding steroid dienone is 1. The second-order valence-corrected chi connectivity index (χ2v) is 10.6. The lowest BCUT2D eigenvalue weighted by Crippen LogP contribution is -2.57. The van der Waals surface area contributed by atoms with Crippen molar-refractivity contribution in [3.05, 3.63) is 23.8 Å². The van der Waals surface area contributed by atoms with Gasteiger partial charge < -0.3 is 24.4 Å². The summed E-state index contributed by atoms with van der Waals surface area (Å²) in [6.45, 7) is 15.1. The Balaban J connectivity index is 1.99. The van der Waals surface area contributed by atoms with E-state index in [-0.39, 0.29) is 30.8 Å². The SMILES string of the molecule is C=C1C[C@H]2O[C@H]([C@H]3[C@@H]2C(C)=CC[C@@H]3C(C)C)[C@](C)(O)[C@@H](OC(=O)C(CC)OC(C)=O)C[C@@H]1O. The van der Waals surface area contributed by atoms with Gasteiger partial charge in [0.25, 0.3) is 0 Å². The lowest BCUT2D eigenvalue weighted by molar-refractivity contribution is -0.201. The quantitative estimate of drug-likeness (QED) is 0.475. The highest BCUT2D eigenvalue weighted by atomic mass is 16.6. The van der Waals surface area contributed by atoms with Crippen molar-refractivity contribution in [2.24, 2.45) is 23.7 Å². The van der Waals surface area contributed by atoms with Gasteiger partial charge in [0.05, 0.1) is 18.3 Å². The molecule has 2 aliphatic heterocycles. The number of aliphatic hydroxyl groups is 2. The molecule has 3 aliphatic rings. The van der Waals surface area contributed by atoms with Crippen LogP contribution in [0.2, 0.25) is 0 Å². The van der Waals surface area contributed by atoms with Crippen LogP contribution in [0, 0.1) is 23.7 Å². The van der Waals surface area contributed by atoms with Crippen LogP contribution in [0.25, 0.3) is 0 Å². The van der Waals surface area contributed by atoms with Crippen LogP contribution < -0.4 is 0 Å². The molecule has 0 aromatic carbocycles. The third kappa shape index (κ3) is 5.05. The third-order valence-corrected chi connectivity index (χ3v) is 7.87. The number of carbonyl (C=O) groups excluding carboxylic acids is 2. The van der Waals surface area contributed by atoms with Crippen molar-refractivity contribution in [3.8, 4) is 0 Å². The Kier molecular flexibility index (Phi) is 7.76. The molecule has 2 N–H and O–H groups in total. The summed E-state index contributed by atoms with van der Waals surface area (Å²) in [5.41, 5.74) is 0.278. The van der Waals surface area contributed by atoms with Gasteiger partial charge in [0, 0.05) is 25.2 Å². The van der Waals surface area contributed by atoms with E-state index in [2.05, 4.69) is 33.4 Å². The second kappa shape index (κ2) is 9.88. The van der Waals surface area contributed by atoms with Crippen LogP contribution in [0.15, 0.2) is 23.8 Å². The van der Waals surface area contributed by atoms with Crippen LogP contribution in [0.3, 0.4) is 0 Å². The van der Waals surface area contributed by atoms with Crippen LogP contribution in [-0.4, -0.2) is 58.3 Å². The summed E-state index contributed by atoms with van der Waals surface area (Å²) in [5, 5.41) is 22.7. The largest absolute Gasteiger partial charge is 0.456 e. The van der Waals surface area contributed by atoms with E-state index in [1.54, 1.807) is 13.8 Å². The molecule has 2 saturated heterocycles. The number of fused-ring (bicyclic) bond motifs is 5. The minimum Gasteiger partial charge on any atom is -0.456 e. The van der Waals surface area contributed by atoms with E-state index in [1.807, 2.05) is 0 Å². The van der Waals surface area contributed by atoms with Crippen LogP contribution >= 0.6 is 0 Å². The molecule has 7 heteroatoms. The molecule has 0 saturated carbocycles. The highest BCUT2D eigenvalue weighted by molar-refractivity contribution is 5.78. The Morgan fingerprint density at radius 1 is 1.36 bits per heavy atom. The van der Waals surface area contributed by atoms with Crippen molar-refractivity contribution in [1.29, 1.82) is 0 Å². The Labute approximate surface area is 197 Å². The first-order chi connectivity index (χ1) is 15.4. The maximum absolute atomic E-state index is 12.9. The fraction of sp³-hybridized carbons (Fsp3) is 0.769. The summed E-state index contributed by atoms with van der Waals surface area (Å²) < 4.78 is 17.4. The Bertz CT molecular complexity index is 798. The van der Waals surface area contributed by atoms with Crippen molar-refractivity contribution in [2.75, 3.05) is 0 Å². The average Bonchev–Trinajstić information content (AvgIpc) is 3.12. The van der Waals surface area contributed by atoms with Crippen molar-refractivity contribution in [3.63, 3.8) is 0 Å². The van der Waals surface area contributed by atoms with Crippen molar-refractivity contribution < 1.29 is 34.0 Å². The molecule has 2 fully saturated rings. The number of ether oxygens (including phenoxy) is 3. The maximum Gasteiger partial charge on any atom is 0.347 e. The highest BCUT2D eigenvalue weighted by Crippen LogP contribution is 2.53. The lowest BCUT2D eigenvalue weighted by atomic mass is 9.62. The third-order valence-electron chi connectivity index (χ3n) is 7.87. The molecule has 3 rings (SSSR count). The van der Waals surface area contributed by atoms with E-state index in [4.69, 9.17) is 14.2 Å². The molecule has 9 atom stereocenters. The molecule has 0 aromatic rings. The molecule has 1 aliphatic carbocycles. The number of hydrogen-bond donors (Lipinski definition) is 2. The Morgan fingerprint density at radius 2 is 2.03 bits per heavy atom. The Morgan fingerprint density at radius 3 is 2.61 bits per heavy atom. The van der Waals surface area contributed by atoms with Gasteiger partial charge >= 0.3 is 11.9 Å². The fourth-order valence-electron chi connectivity index (χ4n) is 5.99. The molecular weight excluding hydrogens is 424 g/mol. The highest BCUT2D eigenvalue weighted by Gasteiger charge is 2.59. The van der Waals surface area contributed by atoms with Crippen LogP contribution in [0.4, 0.5) is 0 Å². The minimum atomic E-state index is -1.56.